The smallest absolute Gasteiger partial charge is 0.131 e. The van der Waals surface area contributed by atoms with E-state index in [9.17, 15) is 0 Å². The number of rotatable bonds is 10. The lowest BCUT2D eigenvalue weighted by atomic mass is 9.96. The summed E-state index contributed by atoms with van der Waals surface area (Å²) < 4.78 is 20.5. The first-order chi connectivity index (χ1) is 16.2. The van der Waals surface area contributed by atoms with Gasteiger partial charge in [-0.25, -0.2) is 4.39 Å². The first-order valence-electron chi connectivity index (χ1n) is 11.8. The Morgan fingerprint density at radius 1 is 0.758 bits per heavy atom. The summed E-state index contributed by atoms with van der Waals surface area (Å²) in [4.78, 5) is 0. The minimum absolute atomic E-state index is 0.227. The highest BCUT2D eigenvalue weighted by molar-refractivity contribution is 5.88. The van der Waals surface area contributed by atoms with Crippen LogP contribution in [0.1, 0.15) is 38.2 Å². The predicted molar refractivity (Wildman–Crippen MR) is 138 cm³/mol. The van der Waals surface area contributed by atoms with Crippen LogP contribution in [0.3, 0.4) is 0 Å². The highest BCUT2D eigenvalue weighted by atomic mass is 19.1. The zero-order chi connectivity index (χ0) is 23.0. The maximum atomic E-state index is 15.0. The molecule has 4 aromatic rings. The van der Waals surface area contributed by atoms with Crippen molar-refractivity contribution in [3.05, 3.63) is 103 Å². The Balaban J connectivity index is 1.52. The molecule has 0 aromatic heterocycles. The summed E-state index contributed by atoms with van der Waals surface area (Å²) in [5, 5.41) is 2.42. The number of halogens is 1. The monoisotopic (exact) mass is 438 g/mol. The van der Waals surface area contributed by atoms with Crippen molar-refractivity contribution in [1.82, 2.24) is 0 Å². The van der Waals surface area contributed by atoms with Gasteiger partial charge in [0.25, 0.3) is 0 Å². The van der Waals surface area contributed by atoms with Crippen LogP contribution in [0.25, 0.3) is 33.0 Å². The molecule has 0 saturated carbocycles. The molecule has 0 N–H and O–H groups in total. The first kappa shape index (κ1) is 22.8. The van der Waals surface area contributed by atoms with E-state index in [1.54, 1.807) is 12.1 Å². The van der Waals surface area contributed by atoms with E-state index in [-0.39, 0.29) is 5.82 Å². The van der Waals surface area contributed by atoms with Gasteiger partial charge in [0, 0.05) is 5.56 Å². The molecule has 0 aliphatic rings. The summed E-state index contributed by atoms with van der Waals surface area (Å²) in [5.74, 6) is 0.519. The van der Waals surface area contributed by atoms with Crippen LogP contribution in [0.5, 0.6) is 5.75 Å². The molecule has 33 heavy (non-hydrogen) atoms. The summed E-state index contributed by atoms with van der Waals surface area (Å²) >= 11 is 0. The lowest BCUT2D eigenvalue weighted by Crippen LogP contribution is -1.92. The van der Waals surface area contributed by atoms with E-state index in [0.29, 0.717) is 12.2 Å². The topological polar surface area (TPSA) is 9.23 Å². The summed E-state index contributed by atoms with van der Waals surface area (Å²) in [6.07, 6.45) is 7.94. The van der Waals surface area contributed by atoms with E-state index in [2.05, 4.69) is 49.9 Å². The average Bonchev–Trinajstić information content (AvgIpc) is 2.85. The molecule has 1 nitrogen and oxygen atoms in total. The maximum Gasteiger partial charge on any atom is 0.131 e. The molecule has 0 aliphatic heterocycles. The number of unbranched alkanes of at least 4 members (excludes halogenated alkanes) is 3. The summed E-state index contributed by atoms with van der Waals surface area (Å²) in [6.45, 7) is 6.34. The van der Waals surface area contributed by atoms with Crippen molar-refractivity contribution < 1.29 is 9.13 Å². The third-order valence-electron chi connectivity index (χ3n) is 6.06. The predicted octanol–water partition coefficient (Wildman–Crippen LogP) is 9.00. The normalized spacial score (nSPS) is 11.0. The summed E-state index contributed by atoms with van der Waals surface area (Å²) in [5.41, 5.74) is 4.71. The van der Waals surface area contributed by atoms with Crippen molar-refractivity contribution in [3.63, 3.8) is 0 Å². The lowest BCUT2D eigenvalue weighted by molar-refractivity contribution is 0.363. The van der Waals surface area contributed by atoms with E-state index < -0.39 is 0 Å². The van der Waals surface area contributed by atoms with Crippen LogP contribution in [0, 0.1) is 5.82 Å². The second-order valence-electron chi connectivity index (χ2n) is 8.53. The molecule has 4 aromatic carbocycles. The van der Waals surface area contributed by atoms with Crippen molar-refractivity contribution in [2.75, 3.05) is 6.61 Å². The molecule has 0 saturated heterocycles. The van der Waals surface area contributed by atoms with Crippen LogP contribution in [-0.2, 0) is 6.42 Å². The molecule has 0 radical (unpaired) electrons. The van der Waals surface area contributed by atoms with Crippen molar-refractivity contribution >= 4 is 10.8 Å². The largest absolute Gasteiger partial charge is 0.490 e. The van der Waals surface area contributed by atoms with Crippen LogP contribution in [0.4, 0.5) is 4.39 Å². The van der Waals surface area contributed by atoms with E-state index in [1.807, 2.05) is 36.4 Å². The number of hydrogen-bond donors (Lipinski definition) is 0. The molecule has 0 spiro atoms. The lowest BCUT2D eigenvalue weighted by Gasteiger charge is -2.10. The van der Waals surface area contributed by atoms with Crippen LogP contribution >= 0.6 is 0 Å². The Morgan fingerprint density at radius 2 is 1.45 bits per heavy atom. The van der Waals surface area contributed by atoms with Crippen molar-refractivity contribution in [2.24, 2.45) is 0 Å². The van der Waals surface area contributed by atoms with Gasteiger partial charge in [0.2, 0.25) is 0 Å². The van der Waals surface area contributed by atoms with Gasteiger partial charge in [-0.05, 0) is 70.1 Å². The second kappa shape index (κ2) is 11.0. The van der Waals surface area contributed by atoms with Gasteiger partial charge in [-0.15, -0.1) is 0 Å². The molecule has 0 bridgehead atoms. The summed E-state index contributed by atoms with van der Waals surface area (Å²) in [6, 6.07) is 26.0. The minimum atomic E-state index is -0.227. The van der Waals surface area contributed by atoms with E-state index in [4.69, 9.17) is 4.74 Å². The third-order valence-corrected chi connectivity index (χ3v) is 6.06. The minimum Gasteiger partial charge on any atom is -0.490 e. The van der Waals surface area contributed by atoms with Gasteiger partial charge in [0.1, 0.15) is 18.2 Å². The van der Waals surface area contributed by atoms with Gasteiger partial charge in [0.05, 0.1) is 0 Å². The standard InChI is InChI=1S/C31H31FO/c1-3-5-6-7-8-23-9-10-26-21-27(12-11-25(26)20-23)28-15-18-30(31(32)22-28)24-13-16-29(17-14-24)33-19-4-2/h4,9-18,20-22H,2-3,5-8,19H2,1H3. The van der Waals surface area contributed by atoms with E-state index in [0.717, 1.165) is 28.9 Å². The fraction of sp³-hybridized carbons (Fsp3) is 0.226. The van der Waals surface area contributed by atoms with Crippen molar-refractivity contribution in [3.8, 4) is 28.0 Å². The first-order valence-corrected chi connectivity index (χ1v) is 11.8. The van der Waals surface area contributed by atoms with E-state index in [1.165, 1.54) is 42.0 Å². The highest BCUT2D eigenvalue weighted by Crippen LogP contribution is 2.31. The van der Waals surface area contributed by atoms with Crippen LogP contribution in [-0.4, -0.2) is 6.61 Å². The maximum absolute atomic E-state index is 15.0. The molecular weight excluding hydrogens is 407 g/mol. The van der Waals surface area contributed by atoms with Gasteiger partial charge in [-0.2, -0.15) is 0 Å². The number of aryl methyl sites for hydroxylation is 1. The molecule has 2 heteroatoms. The molecular formula is C31H31FO. The molecule has 0 unspecified atom stereocenters. The molecule has 0 atom stereocenters. The number of benzene rings is 4. The fourth-order valence-electron chi connectivity index (χ4n) is 4.20. The second-order valence-corrected chi connectivity index (χ2v) is 8.53. The summed E-state index contributed by atoms with van der Waals surface area (Å²) in [7, 11) is 0. The third kappa shape index (κ3) is 5.70. The van der Waals surface area contributed by atoms with Gasteiger partial charge >= 0.3 is 0 Å². The van der Waals surface area contributed by atoms with Gasteiger partial charge < -0.3 is 4.74 Å². The Hall–Kier alpha value is -3.39. The average molecular weight is 439 g/mol. The van der Waals surface area contributed by atoms with Crippen molar-refractivity contribution in [1.29, 1.82) is 0 Å². The van der Waals surface area contributed by atoms with Crippen molar-refractivity contribution in [2.45, 2.75) is 39.0 Å². The van der Waals surface area contributed by atoms with Crippen LogP contribution in [0.2, 0.25) is 0 Å². The molecule has 4 rings (SSSR count). The Morgan fingerprint density at radius 3 is 2.21 bits per heavy atom. The number of fused-ring (bicyclic) bond motifs is 1. The van der Waals surface area contributed by atoms with E-state index >= 15 is 4.39 Å². The highest BCUT2D eigenvalue weighted by Gasteiger charge is 2.09. The van der Waals surface area contributed by atoms with Crippen LogP contribution in [0.15, 0.2) is 91.5 Å². The molecule has 0 aliphatic carbocycles. The van der Waals surface area contributed by atoms with Gasteiger partial charge in [-0.1, -0.05) is 93.4 Å². The Kier molecular flexibility index (Phi) is 7.57. The van der Waals surface area contributed by atoms with Crippen LogP contribution < -0.4 is 4.74 Å². The SMILES string of the molecule is C=CCOc1ccc(-c2ccc(-c3ccc4cc(CCCCCC)ccc4c3)cc2F)cc1. The quantitative estimate of drug-likeness (QED) is 0.177. The Bertz CT molecular complexity index is 1220. The van der Waals surface area contributed by atoms with Gasteiger partial charge in [0.15, 0.2) is 0 Å². The zero-order valence-corrected chi connectivity index (χ0v) is 19.3. The zero-order valence-electron chi connectivity index (χ0n) is 19.3. The molecule has 168 valence electrons. The molecule has 0 amide bonds. The fourth-order valence-corrected chi connectivity index (χ4v) is 4.20. The molecule has 0 heterocycles. The number of ether oxygens (including phenoxy) is 1. The Labute approximate surface area is 196 Å². The van der Waals surface area contributed by atoms with Gasteiger partial charge in [-0.3, -0.25) is 0 Å². The number of hydrogen-bond acceptors (Lipinski definition) is 1. The molecule has 0 fully saturated rings.